The highest BCUT2D eigenvalue weighted by Gasteiger charge is 2.13. The van der Waals surface area contributed by atoms with Crippen molar-refractivity contribution in [3.05, 3.63) is 35.0 Å². The van der Waals surface area contributed by atoms with E-state index in [1.807, 2.05) is 17.0 Å². The minimum absolute atomic E-state index is 0.00465. The molecule has 20 heavy (non-hydrogen) atoms. The van der Waals surface area contributed by atoms with Crippen molar-refractivity contribution in [2.75, 3.05) is 19.0 Å². The van der Waals surface area contributed by atoms with Crippen molar-refractivity contribution in [3.8, 4) is 0 Å². The number of aryl methyl sites for hydroxylation is 1. The summed E-state index contributed by atoms with van der Waals surface area (Å²) in [5, 5.41) is 7.43. The van der Waals surface area contributed by atoms with Crippen molar-refractivity contribution in [1.29, 1.82) is 0 Å². The van der Waals surface area contributed by atoms with Crippen LogP contribution in [0.2, 0.25) is 0 Å². The first kappa shape index (κ1) is 13.0. The van der Waals surface area contributed by atoms with Gasteiger partial charge in [0.25, 0.3) is 0 Å². The van der Waals surface area contributed by atoms with Crippen LogP contribution >= 0.6 is 11.3 Å². The standard InChI is InChI=1S/C13H15N5OS/c1-18-8-17-11-12(15-7-16-13(11)18)14-5-10(19-2)9-3-4-20-6-9/h3-4,6-8,10H,5H2,1-2H3,(H,14,15,16). The molecule has 0 fully saturated rings. The molecule has 6 nitrogen and oxygen atoms in total. The van der Waals surface area contributed by atoms with Gasteiger partial charge in [-0.3, -0.25) is 0 Å². The summed E-state index contributed by atoms with van der Waals surface area (Å²) in [5.41, 5.74) is 2.75. The highest BCUT2D eigenvalue weighted by Crippen LogP contribution is 2.22. The van der Waals surface area contributed by atoms with E-state index in [4.69, 9.17) is 4.74 Å². The van der Waals surface area contributed by atoms with Gasteiger partial charge in [-0.2, -0.15) is 11.3 Å². The Balaban J connectivity index is 1.80. The number of rotatable bonds is 5. The molecule has 3 aromatic rings. The Morgan fingerprint density at radius 3 is 3.05 bits per heavy atom. The molecule has 3 rings (SSSR count). The van der Waals surface area contributed by atoms with Gasteiger partial charge in [0.1, 0.15) is 17.9 Å². The van der Waals surface area contributed by atoms with Crippen LogP contribution < -0.4 is 5.32 Å². The molecular weight excluding hydrogens is 274 g/mol. The third kappa shape index (κ3) is 2.37. The van der Waals surface area contributed by atoms with E-state index in [1.54, 1.807) is 31.1 Å². The number of imidazole rings is 1. The molecule has 0 saturated carbocycles. The Morgan fingerprint density at radius 1 is 1.40 bits per heavy atom. The zero-order valence-corrected chi connectivity index (χ0v) is 12.1. The van der Waals surface area contributed by atoms with Crippen molar-refractivity contribution >= 4 is 28.3 Å². The van der Waals surface area contributed by atoms with Crippen molar-refractivity contribution < 1.29 is 4.74 Å². The van der Waals surface area contributed by atoms with E-state index in [9.17, 15) is 0 Å². The molecule has 1 unspecified atom stereocenters. The Morgan fingerprint density at radius 2 is 2.30 bits per heavy atom. The van der Waals surface area contributed by atoms with Crippen LogP contribution in [0, 0.1) is 0 Å². The first-order valence-electron chi connectivity index (χ1n) is 6.20. The molecular formula is C13H15N5OS. The molecule has 1 atom stereocenters. The van der Waals surface area contributed by atoms with Crippen LogP contribution in [0.25, 0.3) is 11.2 Å². The van der Waals surface area contributed by atoms with Gasteiger partial charge in [-0.1, -0.05) is 0 Å². The van der Waals surface area contributed by atoms with E-state index in [0.29, 0.717) is 6.54 Å². The topological polar surface area (TPSA) is 64.9 Å². The summed E-state index contributed by atoms with van der Waals surface area (Å²) < 4.78 is 7.38. The van der Waals surface area contributed by atoms with Crippen LogP contribution in [0.5, 0.6) is 0 Å². The van der Waals surface area contributed by atoms with E-state index in [0.717, 1.165) is 22.5 Å². The van der Waals surface area contributed by atoms with Crippen LogP contribution in [0.1, 0.15) is 11.7 Å². The van der Waals surface area contributed by atoms with Gasteiger partial charge in [0.15, 0.2) is 11.5 Å². The van der Waals surface area contributed by atoms with Gasteiger partial charge in [0, 0.05) is 20.7 Å². The lowest BCUT2D eigenvalue weighted by Gasteiger charge is -2.15. The van der Waals surface area contributed by atoms with Crippen molar-refractivity contribution in [3.63, 3.8) is 0 Å². The third-order valence-electron chi connectivity index (χ3n) is 3.15. The fraction of sp³-hybridized carbons (Fsp3) is 0.308. The molecule has 0 aromatic carbocycles. The minimum Gasteiger partial charge on any atom is -0.375 e. The second-order valence-corrected chi connectivity index (χ2v) is 5.19. The number of nitrogens with one attached hydrogen (secondary N) is 1. The first-order chi connectivity index (χ1) is 9.79. The molecule has 0 spiro atoms. The van der Waals surface area contributed by atoms with Gasteiger partial charge < -0.3 is 14.6 Å². The van der Waals surface area contributed by atoms with Crippen LogP contribution in [0.4, 0.5) is 5.82 Å². The Labute approximate surface area is 120 Å². The minimum atomic E-state index is -0.00465. The number of hydrogen-bond donors (Lipinski definition) is 1. The number of anilines is 1. The van der Waals surface area contributed by atoms with Crippen molar-refractivity contribution in [2.45, 2.75) is 6.10 Å². The normalized spacial score (nSPS) is 12.7. The highest BCUT2D eigenvalue weighted by molar-refractivity contribution is 7.07. The summed E-state index contributed by atoms with van der Waals surface area (Å²) in [7, 11) is 3.62. The maximum Gasteiger partial charge on any atom is 0.165 e. The van der Waals surface area contributed by atoms with Gasteiger partial charge in [-0.25, -0.2) is 15.0 Å². The summed E-state index contributed by atoms with van der Waals surface area (Å²) in [4.78, 5) is 12.8. The molecule has 1 N–H and O–H groups in total. The largest absolute Gasteiger partial charge is 0.375 e. The SMILES string of the molecule is COC(CNc1ncnc2c1ncn2C)c1ccsc1. The molecule has 0 radical (unpaired) electrons. The number of aromatic nitrogens is 4. The van der Waals surface area contributed by atoms with E-state index >= 15 is 0 Å². The second kappa shape index (κ2) is 5.56. The molecule has 0 saturated heterocycles. The summed E-state index contributed by atoms with van der Waals surface area (Å²) >= 11 is 1.66. The third-order valence-corrected chi connectivity index (χ3v) is 3.85. The average Bonchev–Trinajstić information content (AvgIpc) is 3.11. The zero-order chi connectivity index (χ0) is 13.9. The van der Waals surface area contributed by atoms with E-state index in [1.165, 1.54) is 0 Å². The average molecular weight is 289 g/mol. The number of fused-ring (bicyclic) bond motifs is 1. The van der Waals surface area contributed by atoms with Crippen LogP contribution in [-0.2, 0) is 11.8 Å². The molecule has 3 aromatic heterocycles. The number of thiophene rings is 1. The molecule has 0 aliphatic carbocycles. The highest BCUT2D eigenvalue weighted by atomic mass is 32.1. The van der Waals surface area contributed by atoms with E-state index in [-0.39, 0.29) is 6.10 Å². The number of methoxy groups -OCH3 is 1. The number of hydrogen-bond acceptors (Lipinski definition) is 6. The molecule has 0 aliphatic rings. The quantitative estimate of drug-likeness (QED) is 0.780. The Hall–Kier alpha value is -1.99. The van der Waals surface area contributed by atoms with Crippen LogP contribution in [0.3, 0.4) is 0 Å². The zero-order valence-electron chi connectivity index (χ0n) is 11.3. The number of nitrogens with zero attached hydrogens (tertiary/aromatic N) is 4. The monoisotopic (exact) mass is 289 g/mol. The van der Waals surface area contributed by atoms with E-state index in [2.05, 4.69) is 31.7 Å². The van der Waals surface area contributed by atoms with Gasteiger partial charge >= 0.3 is 0 Å². The fourth-order valence-electron chi connectivity index (χ4n) is 2.06. The predicted molar refractivity (Wildman–Crippen MR) is 78.9 cm³/mol. The summed E-state index contributed by atoms with van der Waals surface area (Å²) in [6.07, 6.45) is 3.27. The predicted octanol–water partition coefficient (Wildman–Crippen LogP) is 2.22. The maximum atomic E-state index is 5.51. The molecule has 0 bridgehead atoms. The van der Waals surface area contributed by atoms with Crippen LogP contribution in [-0.4, -0.2) is 33.2 Å². The van der Waals surface area contributed by atoms with Gasteiger partial charge in [-0.05, 0) is 22.4 Å². The van der Waals surface area contributed by atoms with Crippen molar-refractivity contribution in [2.24, 2.45) is 7.05 Å². The molecule has 3 heterocycles. The second-order valence-electron chi connectivity index (χ2n) is 4.41. The summed E-state index contributed by atoms with van der Waals surface area (Å²) in [5.74, 6) is 0.730. The molecule has 7 heteroatoms. The van der Waals surface area contributed by atoms with Crippen LogP contribution in [0.15, 0.2) is 29.5 Å². The van der Waals surface area contributed by atoms with Gasteiger partial charge in [-0.15, -0.1) is 0 Å². The first-order valence-corrected chi connectivity index (χ1v) is 7.14. The fourth-order valence-corrected chi connectivity index (χ4v) is 2.76. The lowest BCUT2D eigenvalue weighted by atomic mass is 10.2. The van der Waals surface area contributed by atoms with E-state index < -0.39 is 0 Å². The Kier molecular flexibility index (Phi) is 3.62. The summed E-state index contributed by atoms with van der Waals surface area (Å²) in [6.45, 7) is 0.635. The van der Waals surface area contributed by atoms with Gasteiger partial charge in [0.05, 0.1) is 6.33 Å². The van der Waals surface area contributed by atoms with Crippen molar-refractivity contribution in [1.82, 2.24) is 19.5 Å². The molecule has 0 aliphatic heterocycles. The maximum absolute atomic E-state index is 5.51. The molecule has 104 valence electrons. The number of ether oxygens (including phenoxy) is 1. The Bertz CT molecular complexity index is 694. The summed E-state index contributed by atoms with van der Waals surface area (Å²) in [6, 6.07) is 2.07. The lowest BCUT2D eigenvalue weighted by molar-refractivity contribution is 0.114. The lowest BCUT2D eigenvalue weighted by Crippen LogP contribution is -2.15. The van der Waals surface area contributed by atoms with Gasteiger partial charge in [0.2, 0.25) is 0 Å². The smallest absolute Gasteiger partial charge is 0.165 e. The molecule has 0 amide bonds.